The Morgan fingerprint density at radius 1 is 1.32 bits per heavy atom. The second-order valence-electron chi connectivity index (χ2n) is 4.08. The van der Waals surface area contributed by atoms with Crippen LogP contribution in [0.15, 0.2) is 42.6 Å². The minimum absolute atomic E-state index is 0.184. The number of nitrogens with zero attached hydrogens (tertiary/aromatic N) is 2. The van der Waals surface area contributed by atoms with Crippen LogP contribution in [0.2, 0.25) is 0 Å². The van der Waals surface area contributed by atoms with Crippen LogP contribution in [-0.4, -0.2) is 19.0 Å². The highest BCUT2D eigenvalue weighted by Gasteiger charge is 2.30. The highest BCUT2D eigenvalue weighted by atomic mass is 19.4. The molecule has 0 heterocycles. The molecule has 19 heavy (non-hydrogen) atoms. The molecule has 0 fully saturated rings. The summed E-state index contributed by atoms with van der Waals surface area (Å²) in [6.07, 6.45) is 0.384. The first-order valence-electron chi connectivity index (χ1n) is 5.47. The van der Waals surface area contributed by atoms with E-state index in [9.17, 15) is 13.2 Å². The normalized spacial score (nSPS) is 12.5. The third-order valence-electron chi connectivity index (χ3n) is 2.27. The van der Waals surface area contributed by atoms with E-state index < -0.39 is 11.7 Å². The van der Waals surface area contributed by atoms with Crippen LogP contribution >= 0.6 is 0 Å². The van der Waals surface area contributed by atoms with Gasteiger partial charge in [-0.3, -0.25) is 0 Å². The first kappa shape index (κ1) is 14.8. The molecule has 0 atom stereocenters. The lowest BCUT2D eigenvalue weighted by molar-refractivity contribution is -0.137. The van der Waals surface area contributed by atoms with Crippen molar-refractivity contribution >= 4 is 5.57 Å². The van der Waals surface area contributed by atoms with Gasteiger partial charge in [0, 0.05) is 14.1 Å². The van der Waals surface area contributed by atoms with Crippen molar-refractivity contribution in [2.75, 3.05) is 14.1 Å². The van der Waals surface area contributed by atoms with Crippen LogP contribution in [0.3, 0.4) is 0 Å². The minimum Gasteiger partial charge on any atom is -0.383 e. The highest BCUT2D eigenvalue weighted by molar-refractivity contribution is 5.78. The second kappa shape index (κ2) is 6.10. The monoisotopic (exact) mass is 266 g/mol. The predicted octanol–water partition coefficient (Wildman–Crippen LogP) is 3.69. The Kier molecular flexibility index (Phi) is 4.76. The van der Waals surface area contributed by atoms with Gasteiger partial charge in [-0.1, -0.05) is 12.1 Å². The Morgan fingerprint density at radius 3 is 2.53 bits per heavy atom. The molecule has 0 amide bonds. The number of allylic oxidation sites excluding steroid dienone is 3. The summed E-state index contributed by atoms with van der Waals surface area (Å²) in [5.74, 6) is 0. The molecule has 1 rings (SSSR count). The first-order valence-corrected chi connectivity index (χ1v) is 5.47. The van der Waals surface area contributed by atoms with Crippen molar-refractivity contribution in [2.45, 2.75) is 6.18 Å². The van der Waals surface area contributed by atoms with E-state index in [0.29, 0.717) is 0 Å². The van der Waals surface area contributed by atoms with Gasteiger partial charge in [-0.2, -0.15) is 18.4 Å². The molecule has 0 aliphatic carbocycles. The van der Waals surface area contributed by atoms with E-state index in [0.717, 1.165) is 12.1 Å². The van der Waals surface area contributed by atoms with E-state index >= 15 is 0 Å². The van der Waals surface area contributed by atoms with Crippen molar-refractivity contribution < 1.29 is 13.2 Å². The second-order valence-corrected chi connectivity index (χ2v) is 4.08. The molecule has 0 aromatic heterocycles. The summed E-state index contributed by atoms with van der Waals surface area (Å²) in [6.45, 7) is 0. The zero-order valence-corrected chi connectivity index (χ0v) is 10.6. The van der Waals surface area contributed by atoms with Crippen LogP contribution in [0.1, 0.15) is 11.1 Å². The van der Waals surface area contributed by atoms with Crippen LogP contribution < -0.4 is 0 Å². The lowest BCUT2D eigenvalue weighted by atomic mass is 10.0. The predicted molar refractivity (Wildman–Crippen MR) is 67.9 cm³/mol. The zero-order valence-electron chi connectivity index (χ0n) is 10.6. The summed E-state index contributed by atoms with van der Waals surface area (Å²) in [5, 5.41) is 8.99. The number of rotatable bonds is 3. The van der Waals surface area contributed by atoms with Crippen LogP contribution in [0.4, 0.5) is 13.2 Å². The minimum atomic E-state index is -4.41. The number of hydrogen-bond acceptors (Lipinski definition) is 2. The van der Waals surface area contributed by atoms with Crippen molar-refractivity contribution in [3.05, 3.63) is 53.7 Å². The van der Waals surface area contributed by atoms with Crippen molar-refractivity contribution in [3.8, 4) is 6.07 Å². The van der Waals surface area contributed by atoms with Crippen molar-refractivity contribution in [1.82, 2.24) is 4.90 Å². The maximum Gasteiger partial charge on any atom is 0.416 e. The molecule has 5 heteroatoms. The molecule has 0 saturated carbocycles. The van der Waals surface area contributed by atoms with Gasteiger partial charge in [0.15, 0.2) is 0 Å². The summed E-state index contributed by atoms with van der Waals surface area (Å²) in [6, 6.07) is 6.62. The average molecular weight is 266 g/mol. The molecule has 0 radical (unpaired) electrons. The van der Waals surface area contributed by atoms with Crippen LogP contribution in [0.25, 0.3) is 5.57 Å². The van der Waals surface area contributed by atoms with Crippen LogP contribution in [0.5, 0.6) is 0 Å². The maximum absolute atomic E-state index is 12.6. The molecule has 100 valence electrons. The zero-order chi connectivity index (χ0) is 14.5. The van der Waals surface area contributed by atoms with Crippen LogP contribution in [-0.2, 0) is 6.18 Å². The maximum atomic E-state index is 12.6. The lowest BCUT2D eigenvalue weighted by Gasteiger charge is -2.08. The molecular formula is C14H13F3N2. The first-order chi connectivity index (χ1) is 8.84. The van der Waals surface area contributed by atoms with Gasteiger partial charge in [0.05, 0.1) is 17.2 Å². The number of hydrogen-bond donors (Lipinski definition) is 0. The van der Waals surface area contributed by atoms with E-state index in [1.165, 1.54) is 18.2 Å². The van der Waals surface area contributed by atoms with E-state index in [1.54, 1.807) is 31.3 Å². The van der Waals surface area contributed by atoms with Crippen LogP contribution in [0, 0.1) is 11.3 Å². The third kappa shape index (κ3) is 4.51. The fourth-order valence-corrected chi connectivity index (χ4v) is 1.37. The summed E-state index contributed by atoms with van der Waals surface area (Å²) in [7, 11) is 3.61. The van der Waals surface area contributed by atoms with Crippen molar-refractivity contribution in [2.24, 2.45) is 0 Å². The van der Waals surface area contributed by atoms with Gasteiger partial charge in [-0.25, -0.2) is 0 Å². The fourth-order valence-electron chi connectivity index (χ4n) is 1.37. The molecule has 0 saturated heterocycles. The van der Waals surface area contributed by atoms with E-state index in [4.69, 9.17) is 5.26 Å². The van der Waals surface area contributed by atoms with Crippen molar-refractivity contribution in [3.63, 3.8) is 0 Å². The molecule has 1 aromatic rings. The molecule has 0 bridgehead atoms. The summed E-state index contributed by atoms with van der Waals surface area (Å²) in [4.78, 5) is 1.76. The van der Waals surface area contributed by atoms with Gasteiger partial charge in [-0.05, 0) is 36.0 Å². The highest BCUT2D eigenvalue weighted by Crippen LogP contribution is 2.30. The van der Waals surface area contributed by atoms with E-state index in [1.807, 2.05) is 6.07 Å². The summed E-state index contributed by atoms with van der Waals surface area (Å²) >= 11 is 0. The Labute approximate surface area is 110 Å². The lowest BCUT2D eigenvalue weighted by Crippen LogP contribution is -2.04. The molecule has 1 aromatic carbocycles. The Balaban J connectivity index is 3.11. The molecule has 0 N–H and O–H groups in total. The van der Waals surface area contributed by atoms with Gasteiger partial charge in [0.25, 0.3) is 0 Å². The quantitative estimate of drug-likeness (QED) is 0.616. The average Bonchev–Trinajstić information content (AvgIpc) is 2.33. The third-order valence-corrected chi connectivity index (χ3v) is 2.27. The Morgan fingerprint density at radius 2 is 2.00 bits per heavy atom. The van der Waals surface area contributed by atoms with Crippen molar-refractivity contribution in [1.29, 1.82) is 5.26 Å². The molecule has 0 aliphatic rings. The molecular weight excluding hydrogens is 253 g/mol. The van der Waals surface area contributed by atoms with E-state index in [2.05, 4.69) is 0 Å². The number of halogens is 3. The SMILES string of the molecule is CN(C)/C=C/C=C(\C#N)c1cccc(C(F)(F)F)c1. The Hall–Kier alpha value is -2.22. The standard InChI is InChI=1S/C14H13F3N2/c1-19(2)8-4-6-12(10-18)11-5-3-7-13(9-11)14(15,16)17/h3-9H,1-2H3/b8-4+,12-6+. The topological polar surface area (TPSA) is 27.0 Å². The summed E-state index contributed by atoms with van der Waals surface area (Å²) in [5.41, 5.74) is -0.326. The van der Waals surface area contributed by atoms with E-state index in [-0.39, 0.29) is 11.1 Å². The van der Waals surface area contributed by atoms with Gasteiger partial charge in [-0.15, -0.1) is 0 Å². The van der Waals surface area contributed by atoms with Gasteiger partial charge in [0.2, 0.25) is 0 Å². The molecule has 2 nitrogen and oxygen atoms in total. The molecule has 0 spiro atoms. The molecule has 0 aliphatic heterocycles. The van der Waals surface area contributed by atoms with Gasteiger partial charge < -0.3 is 4.90 Å². The Bertz CT molecular complexity index is 534. The number of nitriles is 1. The molecule has 0 unspecified atom stereocenters. The smallest absolute Gasteiger partial charge is 0.383 e. The van der Waals surface area contributed by atoms with Gasteiger partial charge >= 0.3 is 6.18 Å². The number of alkyl halides is 3. The summed E-state index contributed by atoms with van der Waals surface area (Å²) < 4.78 is 37.7. The van der Waals surface area contributed by atoms with Gasteiger partial charge in [0.1, 0.15) is 0 Å². The number of benzene rings is 1. The largest absolute Gasteiger partial charge is 0.416 e. The fraction of sp³-hybridized carbons (Fsp3) is 0.214.